The molecule has 9 rings (SSSR count). The first kappa shape index (κ1) is 71.2. The van der Waals surface area contributed by atoms with Crippen LogP contribution in [0.4, 0.5) is 17.6 Å². The number of Topliss-reactive ketones (excluding diaryl/α,β-unsaturated/α-hetero) is 2. The van der Waals surface area contributed by atoms with Crippen molar-refractivity contribution in [2.45, 2.75) is 181 Å². The van der Waals surface area contributed by atoms with Gasteiger partial charge in [0.2, 0.25) is 48.0 Å². The van der Waals surface area contributed by atoms with Crippen molar-refractivity contribution in [1.29, 1.82) is 0 Å². The van der Waals surface area contributed by atoms with E-state index in [1.165, 1.54) is 22.2 Å². The molecule has 2 saturated heterocycles. The molecule has 94 heavy (non-hydrogen) atoms. The number of benzene rings is 3. The number of nitrogens with zero attached hydrogens (tertiary/aromatic N) is 4. The van der Waals surface area contributed by atoms with Gasteiger partial charge in [-0.25, -0.2) is 17.6 Å². The Morgan fingerprint density at radius 1 is 0.511 bits per heavy atom. The summed E-state index contributed by atoms with van der Waals surface area (Å²) in [5.41, 5.74) is 1.09. The minimum atomic E-state index is -2.99. The SMILES string of the molecule is CC[C@H](C)NC(=O)C(=O)C(CC(F)F)NC(=O)[C@@H]1[C@H]2CCC[C@H]2CN1C(=O)[C@@H](NC(=O)c1ccnc2ccccc12)C(C)(C)C.C[C@H](NC(=O)C(=O)C(CC(F)F)NC(=O)[C@@H]1[C@H]2CCC[C@H]2CN1C(=O)[C@@H](NC(=O)c1ccnc2ccccc12)C(C)(C)C)c1ccccc1. The van der Waals surface area contributed by atoms with Gasteiger partial charge in [0.15, 0.2) is 0 Å². The van der Waals surface area contributed by atoms with Crippen LogP contribution in [0.15, 0.2) is 103 Å². The van der Waals surface area contributed by atoms with Crippen LogP contribution in [0, 0.1) is 34.5 Å². The third kappa shape index (κ3) is 16.8. The minimum absolute atomic E-state index is 0.00288. The van der Waals surface area contributed by atoms with Gasteiger partial charge in [0, 0.05) is 55.1 Å². The third-order valence-corrected chi connectivity index (χ3v) is 18.6. The molecule has 8 amide bonds. The van der Waals surface area contributed by atoms with Crippen LogP contribution in [0.1, 0.15) is 152 Å². The molecular weight excluding hydrogens is 1220 g/mol. The fraction of sp³-hybridized carbons (Fsp3) is 0.514. The van der Waals surface area contributed by atoms with E-state index in [9.17, 15) is 65.5 Å². The molecule has 6 N–H and O–H groups in total. The first-order chi connectivity index (χ1) is 44.5. The van der Waals surface area contributed by atoms with Crippen molar-refractivity contribution in [3.63, 3.8) is 0 Å². The Bertz CT molecular complexity index is 3610. The monoisotopic (exact) mass is 1300 g/mol. The molecule has 0 bridgehead atoms. The van der Waals surface area contributed by atoms with Gasteiger partial charge < -0.3 is 41.7 Å². The molecule has 2 aromatic heterocycles. The molecule has 2 saturated carbocycles. The molecule has 504 valence electrons. The number of para-hydroxylation sites is 2. The number of alkyl halides is 4. The van der Waals surface area contributed by atoms with E-state index in [-0.39, 0.29) is 42.8 Å². The van der Waals surface area contributed by atoms with Crippen LogP contribution >= 0.6 is 0 Å². The van der Waals surface area contributed by atoms with E-state index in [1.807, 2.05) is 12.1 Å². The number of rotatable bonds is 22. The number of ketones is 2. The maximum absolute atomic E-state index is 14.4. The zero-order chi connectivity index (χ0) is 68.5. The fourth-order valence-corrected chi connectivity index (χ4v) is 13.5. The number of carbonyl (C=O) groups excluding carboxylic acids is 10. The summed E-state index contributed by atoms with van der Waals surface area (Å²) in [6.07, 6.45) is 0.0183. The van der Waals surface area contributed by atoms with E-state index >= 15 is 0 Å². The van der Waals surface area contributed by atoms with Crippen LogP contribution in [-0.4, -0.2) is 147 Å². The molecule has 20 nitrogen and oxygen atoms in total. The van der Waals surface area contributed by atoms with Crippen molar-refractivity contribution in [3.05, 3.63) is 120 Å². The van der Waals surface area contributed by atoms with Gasteiger partial charge in [0.25, 0.3) is 23.6 Å². The van der Waals surface area contributed by atoms with E-state index in [2.05, 4.69) is 41.9 Å². The lowest BCUT2D eigenvalue weighted by atomic mass is 9.85. The van der Waals surface area contributed by atoms with Crippen LogP contribution in [0.5, 0.6) is 0 Å². The second-order valence-electron chi connectivity index (χ2n) is 27.4. The molecule has 12 atom stereocenters. The standard InChI is InChI=1S/C37H43F2N5O5.C33H43F2N5O5/c1-21(22-11-6-5-7-12-22)41-35(48)31(45)28(19-29(38)39)42-34(47)30-24-15-10-13-23(24)20-44(30)36(49)32(37(2,3)4)43-33(46)26-17-18-40-27-16-9-8-14-25(26)27;1-6-18(2)37-31(44)27(41)24(16-25(34)35)38-30(43)26-20-12-9-10-19(20)17-40(26)32(45)28(33(3,4)5)39-29(42)22-14-15-36-23-13-8-7-11-21(22)23/h5-9,11-12,14,16-18,21,23-24,28-30,32H,10,13,15,19-20H2,1-4H3,(H,41,48)(H,42,47)(H,43,46);7-8,11,13-15,18-20,24-26,28H,6,9-10,12,16-17H2,1-5H3,(H,37,44)(H,38,43)(H,39,42)/t21-,23-,24-,28?,30-,32+;18-,19-,20-,24?,26-,28+/m00/s1. The van der Waals surface area contributed by atoms with Gasteiger partial charge in [-0.2, -0.15) is 0 Å². The van der Waals surface area contributed by atoms with Gasteiger partial charge in [0.05, 0.1) is 28.2 Å². The van der Waals surface area contributed by atoms with Crippen molar-refractivity contribution in [2.24, 2.45) is 34.5 Å². The molecule has 4 heterocycles. The van der Waals surface area contributed by atoms with E-state index in [1.54, 1.807) is 141 Å². The highest BCUT2D eigenvalue weighted by atomic mass is 19.3. The van der Waals surface area contributed by atoms with Crippen LogP contribution in [-0.2, 0) is 38.4 Å². The predicted octanol–water partition coefficient (Wildman–Crippen LogP) is 8.22. The number of fused-ring (bicyclic) bond motifs is 4. The van der Waals surface area contributed by atoms with Crippen LogP contribution in [0.25, 0.3) is 21.8 Å². The number of halogens is 4. The van der Waals surface area contributed by atoms with Crippen molar-refractivity contribution in [2.75, 3.05) is 13.1 Å². The number of hydrogen-bond donors (Lipinski definition) is 6. The quantitative estimate of drug-likeness (QED) is 0.0283. The Balaban J connectivity index is 0.000000242. The molecule has 4 aliphatic rings. The second-order valence-corrected chi connectivity index (χ2v) is 27.4. The number of pyridine rings is 2. The highest BCUT2D eigenvalue weighted by Gasteiger charge is 2.54. The number of aromatic nitrogens is 2. The van der Waals surface area contributed by atoms with Crippen LogP contribution < -0.4 is 31.9 Å². The molecule has 2 aliphatic carbocycles. The first-order valence-corrected chi connectivity index (χ1v) is 32.3. The van der Waals surface area contributed by atoms with Gasteiger partial charge in [-0.05, 0) is 110 Å². The van der Waals surface area contributed by atoms with Crippen molar-refractivity contribution < 1.29 is 65.5 Å². The number of nitrogens with one attached hydrogen (secondary N) is 6. The number of amides is 8. The maximum atomic E-state index is 14.4. The smallest absolute Gasteiger partial charge is 0.290 e. The van der Waals surface area contributed by atoms with Gasteiger partial charge in [-0.15, -0.1) is 0 Å². The zero-order valence-corrected chi connectivity index (χ0v) is 54.6. The first-order valence-electron chi connectivity index (χ1n) is 32.3. The largest absolute Gasteiger partial charge is 0.347 e. The number of carbonyl (C=O) groups is 10. The third-order valence-electron chi connectivity index (χ3n) is 18.6. The zero-order valence-electron chi connectivity index (χ0n) is 54.6. The Kier molecular flexibility index (Phi) is 23.1. The summed E-state index contributed by atoms with van der Waals surface area (Å²) in [7, 11) is 0. The summed E-state index contributed by atoms with van der Waals surface area (Å²) >= 11 is 0. The maximum Gasteiger partial charge on any atom is 0.290 e. The Morgan fingerprint density at radius 2 is 0.904 bits per heavy atom. The second kappa shape index (κ2) is 30.6. The molecule has 3 aromatic carbocycles. The lowest BCUT2D eigenvalue weighted by Crippen LogP contribution is -2.60. The minimum Gasteiger partial charge on any atom is -0.347 e. The summed E-state index contributed by atoms with van der Waals surface area (Å²) in [5, 5.41) is 16.9. The van der Waals surface area contributed by atoms with E-state index in [0.29, 0.717) is 57.8 Å². The van der Waals surface area contributed by atoms with Crippen molar-refractivity contribution in [1.82, 2.24) is 51.7 Å². The summed E-state index contributed by atoms with van der Waals surface area (Å²) in [5.74, 6) is -8.47. The van der Waals surface area contributed by atoms with Gasteiger partial charge >= 0.3 is 0 Å². The molecule has 4 fully saturated rings. The highest BCUT2D eigenvalue weighted by Crippen LogP contribution is 2.45. The molecule has 2 unspecified atom stereocenters. The molecule has 0 spiro atoms. The topological polar surface area (TPSA) is 275 Å². The Morgan fingerprint density at radius 3 is 1.30 bits per heavy atom. The summed E-state index contributed by atoms with van der Waals surface area (Å²) in [4.78, 5) is 147. The Hall–Kier alpha value is -8.70. The number of likely N-dealkylation sites (tertiary alicyclic amines) is 2. The molecule has 24 heteroatoms. The summed E-state index contributed by atoms with van der Waals surface area (Å²) < 4.78 is 54.5. The molecular formula is C70H86F4N10O10. The Labute approximate surface area is 544 Å². The molecule has 2 aliphatic heterocycles. The van der Waals surface area contributed by atoms with Gasteiger partial charge in [0.1, 0.15) is 36.3 Å². The average Bonchev–Trinajstić information content (AvgIpc) is 1.58. The van der Waals surface area contributed by atoms with Crippen molar-refractivity contribution in [3.8, 4) is 0 Å². The van der Waals surface area contributed by atoms with Crippen LogP contribution in [0.3, 0.4) is 0 Å². The van der Waals surface area contributed by atoms with E-state index in [0.717, 1.165) is 25.7 Å². The van der Waals surface area contributed by atoms with Gasteiger partial charge in [-0.3, -0.25) is 57.9 Å². The summed E-state index contributed by atoms with van der Waals surface area (Å²) in [6.45, 7) is 16.5. The normalized spacial score (nSPS) is 21.1. The fourth-order valence-electron chi connectivity index (χ4n) is 13.5. The van der Waals surface area contributed by atoms with E-state index < -0.39 is 138 Å². The highest BCUT2D eigenvalue weighted by molar-refractivity contribution is 6.39. The average molecular weight is 1300 g/mol. The van der Waals surface area contributed by atoms with Crippen molar-refractivity contribution >= 4 is 80.6 Å². The van der Waals surface area contributed by atoms with Gasteiger partial charge in [-0.1, -0.05) is 128 Å². The van der Waals surface area contributed by atoms with Crippen LogP contribution in [0.2, 0.25) is 0 Å². The number of hydrogen-bond acceptors (Lipinski definition) is 12. The van der Waals surface area contributed by atoms with E-state index in [4.69, 9.17) is 0 Å². The molecule has 0 radical (unpaired) electrons. The summed E-state index contributed by atoms with van der Waals surface area (Å²) in [6, 6.07) is 17.6. The molecule has 5 aromatic rings. The lowest BCUT2D eigenvalue weighted by molar-refractivity contribution is -0.145. The predicted molar refractivity (Wildman–Crippen MR) is 344 cm³/mol. The lowest BCUT2D eigenvalue weighted by Gasteiger charge is -2.36.